The van der Waals surface area contributed by atoms with Gasteiger partial charge in [0.05, 0.1) is 6.04 Å². The number of allylic oxidation sites excluding steroid dienone is 2. The Morgan fingerprint density at radius 1 is 1.21 bits per heavy atom. The minimum Gasteiger partial charge on any atom is -0.341 e. The monoisotopic (exact) mass is 461 g/mol. The van der Waals surface area contributed by atoms with Gasteiger partial charge in [-0.05, 0) is 48.6 Å². The molecule has 2 aliphatic heterocycles. The van der Waals surface area contributed by atoms with Crippen LogP contribution in [0.3, 0.4) is 0 Å². The Labute approximate surface area is 199 Å². The standard InChI is InChI=1S/C25H31N7O2/c1-16-12-17(23(27)32-10-5-8-22(32)26)6-4-7-20(16)29-24(33)21-13-19-15-31(25(34)30(2)3)11-9-18(19)14-28-21/h4,6-7,12-14,20,26-27H,5,8-11,15H2,1-3H3,(H,29,33). The van der Waals surface area contributed by atoms with Gasteiger partial charge in [-0.25, -0.2) is 4.79 Å². The molecular formula is C25H31N7O2. The van der Waals surface area contributed by atoms with Gasteiger partial charge < -0.3 is 20.0 Å². The van der Waals surface area contributed by atoms with Crippen molar-refractivity contribution in [1.29, 1.82) is 10.8 Å². The van der Waals surface area contributed by atoms with Gasteiger partial charge >= 0.3 is 6.03 Å². The van der Waals surface area contributed by atoms with E-state index >= 15 is 0 Å². The van der Waals surface area contributed by atoms with Crippen LogP contribution in [0.5, 0.6) is 0 Å². The molecule has 1 unspecified atom stereocenters. The Balaban J connectivity index is 1.45. The van der Waals surface area contributed by atoms with E-state index in [0.717, 1.165) is 28.7 Å². The smallest absolute Gasteiger partial charge is 0.319 e. The average Bonchev–Trinajstić information content (AvgIpc) is 3.17. The summed E-state index contributed by atoms with van der Waals surface area (Å²) >= 11 is 0. The van der Waals surface area contributed by atoms with E-state index in [1.807, 2.05) is 31.2 Å². The van der Waals surface area contributed by atoms with Crippen molar-refractivity contribution < 1.29 is 9.59 Å². The van der Waals surface area contributed by atoms with Crippen LogP contribution in [0.2, 0.25) is 0 Å². The Morgan fingerprint density at radius 3 is 2.71 bits per heavy atom. The van der Waals surface area contributed by atoms with Gasteiger partial charge in [0.15, 0.2) is 0 Å². The summed E-state index contributed by atoms with van der Waals surface area (Å²) in [7, 11) is 3.46. The summed E-state index contributed by atoms with van der Waals surface area (Å²) in [6.07, 6.45) is 11.5. The molecule has 0 saturated carbocycles. The van der Waals surface area contributed by atoms with Gasteiger partial charge in [0, 0.05) is 51.9 Å². The molecule has 3 heterocycles. The molecule has 1 aliphatic carbocycles. The summed E-state index contributed by atoms with van der Waals surface area (Å²) in [5, 5.41) is 19.6. The number of carbonyl (C=O) groups is 2. The fourth-order valence-corrected chi connectivity index (χ4v) is 4.41. The second kappa shape index (κ2) is 9.62. The van der Waals surface area contributed by atoms with E-state index in [0.29, 0.717) is 49.8 Å². The second-order valence-corrected chi connectivity index (χ2v) is 9.08. The molecule has 3 N–H and O–H groups in total. The van der Waals surface area contributed by atoms with Crippen molar-refractivity contribution in [1.82, 2.24) is 25.0 Å². The summed E-state index contributed by atoms with van der Waals surface area (Å²) in [4.78, 5) is 34.8. The normalized spacial score (nSPS) is 19.7. The number of hydrogen-bond acceptors (Lipinski definition) is 5. The van der Waals surface area contributed by atoms with E-state index in [9.17, 15) is 9.59 Å². The lowest BCUT2D eigenvalue weighted by molar-refractivity contribution is 0.0943. The van der Waals surface area contributed by atoms with E-state index in [1.165, 1.54) is 0 Å². The maximum Gasteiger partial charge on any atom is 0.319 e. The fraction of sp³-hybridized carbons (Fsp3) is 0.400. The van der Waals surface area contributed by atoms with Crippen LogP contribution in [0.25, 0.3) is 0 Å². The molecule has 34 heavy (non-hydrogen) atoms. The molecule has 3 amide bonds. The van der Waals surface area contributed by atoms with Crippen LogP contribution in [0.15, 0.2) is 47.7 Å². The van der Waals surface area contributed by atoms with Crippen molar-refractivity contribution in [2.45, 2.75) is 38.8 Å². The molecule has 1 aromatic rings. The highest BCUT2D eigenvalue weighted by molar-refractivity contribution is 6.09. The highest BCUT2D eigenvalue weighted by atomic mass is 16.2. The quantitative estimate of drug-likeness (QED) is 0.474. The van der Waals surface area contributed by atoms with E-state index in [1.54, 1.807) is 41.1 Å². The van der Waals surface area contributed by atoms with Crippen molar-refractivity contribution in [2.24, 2.45) is 0 Å². The largest absolute Gasteiger partial charge is 0.341 e. The zero-order valence-corrected chi connectivity index (χ0v) is 19.9. The molecule has 1 fully saturated rings. The van der Waals surface area contributed by atoms with E-state index < -0.39 is 0 Å². The lowest BCUT2D eigenvalue weighted by atomic mass is 10.0. The van der Waals surface area contributed by atoms with E-state index in [4.69, 9.17) is 10.8 Å². The molecule has 178 valence electrons. The van der Waals surface area contributed by atoms with Crippen LogP contribution in [-0.2, 0) is 13.0 Å². The number of carbonyl (C=O) groups excluding carboxylic acids is 2. The van der Waals surface area contributed by atoms with Crippen molar-refractivity contribution >= 4 is 23.6 Å². The highest BCUT2D eigenvalue weighted by Gasteiger charge is 2.25. The first kappa shape index (κ1) is 23.4. The Kier molecular flexibility index (Phi) is 6.63. The maximum absolute atomic E-state index is 13.0. The number of urea groups is 1. The molecule has 0 radical (unpaired) electrons. The molecule has 1 aromatic heterocycles. The summed E-state index contributed by atoms with van der Waals surface area (Å²) < 4.78 is 0. The van der Waals surface area contributed by atoms with Gasteiger partial charge in [-0.1, -0.05) is 18.2 Å². The summed E-state index contributed by atoms with van der Waals surface area (Å²) in [6.45, 7) is 3.70. The van der Waals surface area contributed by atoms with Crippen molar-refractivity contribution in [3.05, 3.63) is 64.5 Å². The first-order valence-electron chi connectivity index (χ1n) is 11.5. The third-order valence-corrected chi connectivity index (χ3v) is 6.39. The lowest BCUT2D eigenvalue weighted by Crippen LogP contribution is -2.42. The minimum absolute atomic E-state index is 0.0456. The number of pyridine rings is 1. The predicted molar refractivity (Wildman–Crippen MR) is 131 cm³/mol. The maximum atomic E-state index is 13.0. The molecule has 4 rings (SSSR count). The number of fused-ring (bicyclic) bond motifs is 1. The number of hydrogen-bond donors (Lipinski definition) is 3. The molecule has 9 nitrogen and oxygen atoms in total. The molecule has 0 spiro atoms. The first-order valence-corrected chi connectivity index (χ1v) is 11.5. The number of rotatable bonds is 3. The zero-order chi connectivity index (χ0) is 24.4. The topological polar surface area (TPSA) is 116 Å². The summed E-state index contributed by atoms with van der Waals surface area (Å²) in [5.41, 5.74) is 3.93. The van der Waals surface area contributed by atoms with Crippen molar-refractivity contribution in [3.8, 4) is 0 Å². The summed E-state index contributed by atoms with van der Waals surface area (Å²) in [6, 6.07) is 1.39. The first-order chi connectivity index (χ1) is 16.2. The van der Waals surface area contributed by atoms with E-state index in [2.05, 4.69) is 10.3 Å². The molecule has 0 bridgehead atoms. The van der Waals surface area contributed by atoms with Gasteiger partial charge in [-0.2, -0.15) is 0 Å². The molecule has 1 atom stereocenters. The lowest BCUT2D eigenvalue weighted by Gasteiger charge is -2.31. The number of amidine groups is 2. The fourth-order valence-electron chi connectivity index (χ4n) is 4.41. The van der Waals surface area contributed by atoms with Crippen molar-refractivity contribution in [2.75, 3.05) is 27.2 Å². The zero-order valence-electron chi connectivity index (χ0n) is 19.9. The Morgan fingerprint density at radius 2 is 2.00 bits per heavy atom. The van der Waals surface area contributed by atoms with Gasteiger partial charge in [0.25, 0.3) is 5.91 Å². The van der Waals surface area contributed by atoms with Gasteiger partial charge in [0.1, 0.15) is 17.4 Å². The minimum atomic E-state index is -0.336. The van der Waals surface area contributed by atoms with Crippen LogP contribution in [0.1, 0.15) is 41.4 Å². The number of nitrogens with one attached hydrogen (secondary N) is 3. The number of nitrogens with zero attached hydrogens (tertiary/aromatic N) is 4. The summed E-state index contributed by atoms with van der Waals surface area (Å²) in [5.74, 6) is 0.493. The van der Waals surface area contributed by atoms with Gasteiger partial charge in [-0.3, -0.25) is 20.6 Å². The van der Waals surface area contributed by atoms with E-state index in [-0.39, 0.29) is 18.0 Å². The number of likely N-dealkylation sites (tertiary alicyclic amines) is 1. The highest BCUT2D eigenvalue weighted by Crippen LogP contribution is 2.21. The van der Waals surface area contributed by atoms with Crippen LogP contribution >= 0.6 is 0 Å². The van der Waals surface area contributed by atoms with Crippen LogP contribution in [0.4, 0.5) is 4.79 Å². The van der Waals surface area contributed by atoms with Gasteiger partial charge in [0.2, 0.25) is 0 Å². The predicted octanol–water partition coefficient (Wildman–Crippen LogP) is 2.71. The third-order valence-electron chi connectivity index (χ3n) is 6.39. The third kappa shape index (κ3) is 4.78. The molecule has 0 aromatic carbocycles. The Hall–Kier alpha value is -3.75. The van der Waals surface area contributed by atoms with Crippen LogP contribution in [-0.4, -0.2) is 76.5 Å². The molecule has 9 heteroatoms. The Bertz CT molecular complexity index is 1130. The second-order valence-electron chi connectivity index (χ2n) is 9.08. The number of amides is 3. The van der Waals surface area contributed by atoms with Crippen LogP contribution in [0, 0.1) is 10.8 Å². The molecule has 3 aliphatic rings. The number of aromatic nitrogens is 1. The van der Waals surface area contributed by atoms with Gasteiger partial charge in [-0.15, -0.1) is 0 Å². The van der Waals surface area contributed by atoms with Crippen molar-refractivity contribution in [3.63, 3.8) is 0 Å². The molecular weight excluding hydrogens is 430 g/mol. The molecule has 1 saturated heterocycles. The average molecular weight is 462 g/mol. The SMILES string of the molecule is CC1=CC(C(=N)N2CCCC2=N)=CC=CC1NC(=O)c1cc2c(cn1)CCN(C(=O)N(C)C)C2. The van der Waals surface area contributed by atoms with Crippen LogP contribution < -0.4 is 5.32 Å².